The number of likely N-dealkylation sites (tertiary alicyclic amines) is 2. The fraction of sp³-hybridized carbons (Fsp3) is 0.531. The first-order valence-electron chi connectivity index (χ1n) is 15.3. The van der Waals surface area contributed by atoms with Crippen molar-refractivity contribution >= 4 is 11.6 Å². The molecule has 6 heterocycles. The van der Waals surface area contributed by atoms with Gasteiger partial charge in [0.25, 0.3) is 0 Å². The molecule has 0 saturated carbocycles. The van der Waals surface area contributed by atoms with Crippen molar-refractivity contribution in [2.24, 2.45) is 5.92 Å². The van der Waals surface area contributed by atoms with Crippen molar-refractivity contribution in [3.8, 4) is 11.6 Å². The second-order valence-electron chi connectivity index (χ2n) is 12.0. The van der Waals surface area contributed by atoms with E-state index in [9.17, 15) is 0 Å². The zero-order chi connectivity index (χ0) is 26.7. The third kappa shape index (κ3) is 5.52. The second kappa shape index (κ2) is 11.7. The third-order valence-corrected chi connectivity index (χ3v) is 9.28. The predicted octanol–water partition coefficient (Wildman–Crippen LogP) is 5.29. The molecule has 1 aromatic carbocycles. The van der Waals surface area contributed by atoms with Crippen molar-refractivity contribution in [2.45, 2.75) is 64.0 Å². The average Bonchev–Trinajstić information content (AvgIpc) is 3.71. The Morgan fingerprint density at radius 2 is 1.62 bits per heavy atom. The van der Waals surface area contributed by atoms with Crippen LogP contribution in [-0.2, 0) is 13.0 Å². The molecule has 3 aliphatic heterocycles. The van der Waals surface area contributed by atoms with Crippen LogP contribution in [0.15, 0.2) is 59.3 Å². The molecule has 210 valence electrons. The number of hydrogen-bond acceptors (Lipinski definition) is 7. The number of aromatic nitrogens is 4. The van der Waals surface area contributed by atoms with Crippen LogP contribution < -0.4 is 4.90 Å². The van der Waals surface area contributed by atoms with E-state index in [-0.39, 0.29) is 0 Å². The Kier molecular flexibility index (Phi) is 7.53. The molecule has 40 heavy (non-hydrogen) atoms. The maximum absolute atomic E-state index is 5.68. The Morgan fingerprint density at radius 3 is 2.38 bits per heavy atom. The number of benzene rings is 1. The lowest BCUT2D eigenvalue weighted by Crippen LogP contribution is -2.47. The van der Waals surface area contributed by atoms with Crippen LogP contribution in [0.5, 0.6) is 0 Å². The number of anilines is 1. The number of nitrogens with zero attached hydrogens (tertiary/aromatic N) is 7. The summed E-state index contributed by atoms with van der Waals surface area (Å²) in [7, 11) is 0. The lowest BCUT2D eigenvalue weighted by atomic mass is 9.90. The van der Waals surface area contributed by atoms with E-state index in [1.165, 1.54) is 70.0 Å². The Morgan fingerprint density at radius 1 is 0.825 bits per heavy atom. The Balaban J connectivity index is 1.07. The van der Waals surface area contributed by atoms with Gasteiger partial charge in [0.15, 0.2) is 11.4 Å². The highest BCUT2D eigenvalue weighted by Gasteiger charge is 2.29. The highest BCUT2D eigenvalue weighted by molar-refractivity contribution is 5.58. The van der Waals surface area contributed by atoms with Crippen molar-refractivity contribution in [1.29, 1.82) is 0 Å². The average molecular weight is 540 g/mol. The zero-order valence-corrected chi connectivity index (χ0v) is 23.5. The number of furan rings is 1. The third-order valence-electron chi connectivity index (χ3n) is 9.28. The molecule has 0 atom stereocenters. The number of rotatable bonds is 7. The van der Waals surface area contributed by atoms with Gasteiger partial charge < -0.3 is 14.2 Å². The fourth-order valence-electron chi connectivity index (χ4n) is 7.00. The zero-order valence-electron chi connectivity index (χ0n) is 23.5. The van der Waals surface area contributed by atoms with E-state index in [1.807, 2.05) is 16.6 Å². The number of hydrogen-bond donors (Lipinski definition) is 0. The van der Waals surface area contributed by atoms with E-state index < -0.39 is 0 Å². The minimum absolute atomic E-state index is 0.630. The van der Waals surface area contributed by atoms with Crippen molar-refractivity contribution < 1.29 is 4.42 Å². The van der Waals surface area contributed by atoms with Crippen LogP contribution >= 0.6 is 0 Å². The van der Waals surface area contributed by atoms with Crippen LogP contribution in [0.25, 0.3) is 17.2 Å². The van der Waals surface area contributed by atoms with E-state index in [2.05, 4.69) is 51.2 Å². The summed E-state index contributed by atoms with van der Waals surface area (Å²) in [5, 5.41) is 4.93. The molecular formula is C32H41N7O. The molecule has 0 N–H and O–H groups in total. The number of piperidine rings is 3. The van der Waals surface area contributed by atoms with Gasteiger partial charge in [0.05, 0.1) is 6.26 Å². The van der Waals surface area contributed by atoms with E-state index in [4.69, 9.17) is 19.5 Å². The van der Waals surface area contributed by atoms with Crippen LogP contribution in [0.2, 0.25) is 0 Å². The SMILES string of the molecule is c1ccc(CC2CCN(Cc3cnc(N4CCC(N5CCCCC5)CC4)n4nc(-c5ccco5)nc34)CC2)cc1. The van der Waals surface area contributed by atoms with E-state index in [0.29, 0.717) is 17.6 Å². The first kappa shape index (κ1) is 25.7. The van der Waals surface area contributed by atoms with E-state index in [1.54, 1.807) is 6.26 Å². The van der Waals surface area contributed by atoms with Gasteiger partial charge in [-0.05, 0) is 94.7 Å². The molecule has 3 saturated heterocycles. The van der Waals surface area contributed by atoms with Gasteiger partial charge in [-0.15, -0.1) is 5.10 Å². The van der Waals surface area contributed by atoms with Gasteiger partial charge in [-0.3, -0.25) is 4.90 Å². The summed E-state index contributed by atoms with van der Waals surface area (Å²) in [6, 6.07) is 15.5. The summed E-state index contributed by atoms with van der Waals surface area (Å²) in [5.74, 6) is 2.99. The Bertz CT molecular complexity index is 1360. The van der Waals surface area contributed by atoms with Crippen molar-refractivity contribution in [2.75, 3.05) is 44.2 Å². The van der Waals surface area contributed by atoms with E-state index in [0.717, 1.165) is 55.8 Å². The van der Waals surface area contributed by atoms with Gasteiger partial charge >= 0.3 is 0 Å². The molecule has 7 rings (SSSR count). The topological polar surface area (TPSA) is 65.9 Å². The molecule has 8 heteroatoms. The maximum Gasteiger partial charge on any atom is 0.228 e. The summed E-state index contributed by atoms with van der Waals surface area (Å²) < 4.78 is 7.66. The van der Waals surface area contributed by atoms with Crippen molar-refractivity contribution in [3.05, 3.63) is 66.1 Å². The summed E-state index contributed by atoms with van der Waals surface area (Å²) in [5.41, 5.74) is 3.50. The molecule has 0 aliphatic carbocycles. The summed E-state index contributed by atoms with van der Waals surface area (Å²) >= 11 is 0. The molecular weight excluding hydrogens is 498 g/mol. The molecule has 3 aliphatic rings. The molecule has 0 amide bonds. The lowest BCUT2D eigenvalue weighted by molar-refractivity contribution is 0.141. The van der Waals surface area contributed by atoms with Crippen molar-refractivity contribution in [3.63, 3.8) is 0 Å². The number of fused-ring (bicyclic) bond motifs is 1. The van der Waals surface area contributed by atoms with Gasteiger partial charge in [-0.2, -0.15) is 4.52 Å². The monoisotopic (exact) mass is 539 g/mol. The van der Waals surface area contributed by atoms with Gasteiger partial charge in [-0.1, -0.05) is 36.8 Å². The van der Waals surface area contributed by atoms with Gasteiger partial charge in [0, 0.05) is 37.4 Å². The lowest BCUT2D eigenvalue weighted by Gasteiger charge is -2.40. The molecule has 0 bridgehead atoms. The van der Waals surface area contributed by atoms with Crippen molar-refractivity contribution in [1.82, 2.24) is 29.4 Å². The second-order valence-corrected chi connectivity index (χ2v) is 12.0. The standard InChI is InChI=1S/C32H41N7O/c1-3-8-25(9-4-1)22-26-11-17-36(18-12-26)24-27-23-33-32(39-31(27)34-30(35-39)29-10-7-21-40-29)38-19-13-28(14-20-38)37-15-5-2-6-16-37/h1,3-4,7-10,21,23,26,28H,2,5-6,11-20,22,24H2. The molecule has 3 aromatic heterocycles. The summed E-state index contributed by atoms with van der Waals surface area (Å²) in [4.78, 5) is 17.7. The fourth-order valence-corrected chi connectivity index (χ4v) is 7.00. The highest BCUT2D eigenvalue weighted by Crippen LogP contribution is 2.28. The van der Waals surface area contributed by atoms with Gasteiger partial charge in [0.2, 0.25) is 11.8 Å². The smallest absolute Gasteiger partial charge is 0.228 e. The normalized spacial score (nSPS) is 20.4. The van der Waals surface area contributed by atoms with Crippen LogP contribution in [0.1, 0.15) is 56.1 Å². The summed E-state index contributed by atoms with van der Waals surface area (Å²) in [6.45, 7) is 7.61. The first-order chi connectivity index (χ1) is 19.8. The minimum atomic E-state index is 0.630. The molecule has 4 aromatic rings. The summed E-state index contributed by atoms with van der Waals surface area (Å²) in [6.07, 6.45) is 13.8. The molecule has 3 fully saturated rings. The Labute approximate surface area is 237 Å². The molecule has 0 spiro atoms. The molecule has 0 unspecified atom stereocenters. The largest absolute Gasteiger partial charge is 0.461 e. The Hall–Kier alpha value is -3.23. The van der Waals surface area contributed by atoms with Crippen LogP contribution in [0.4, 0.5) is 5.95 Å². The van der Waals surface area contributed by atoms with Crippen LogP contribution in [0.3, 0.4) is 0 Å². The van der Waals surface area contributed by atoms with E-state index >= 15 is 0 Å². The predicted molar refractivity (Wildman–Crippen MR) is 157 cm³/mol. The van der Waals surface area contributed by atoms with Gasteiger partial charge in [0.1, 0.15) is 0 Å². The van der Waals surface area contributed by atoms with Crippen LogP contribution in [0, 0.1) is 5.92 Å². The first-order valence-corrected chi connectivity index (χ1v) is 15.3. The van der Waals surface area contributed by atoms with Gasteiger partial charge in [-0.25, -0.2) is 9.97 Å². The van der Waals surface area contributed by atoms with Crippen LogP contribution in [-0.4, -0.2) is 74.7 Å². The maximum atomic E-state index is 5.68. The minimum Gasteiger partial charge on any atom is -0.461 e. The molecule has 0 radical (unpaired) electrons. The molecule has 8 nitrogen and oxygen atoms in total. The quantitative estimate of drug-likeness (QED) is 0.316. The highest BCUT2D eigenvalue weighted by atomic mass is 16.3.